The highest BCUT2D eigenvalue weighted by Crippen LogP contribution is 2.22. The molecule has 0 aromatic carbocycles. The average molecular weight is 254 g/mol. The molecule has 3 N–H and O–H groups in total. The molecule has 0 spiro atoms. The Bertz CT molecular complexity index is 371. The molecule has 0 radical (unpaired) electrons. The maximum atomic E-state index is 11.9. The van der Waals surface area contributed by atoms with Crippen molar-refractivity contribution in [2.24, 2.45) is 5.73 Å². The fraction of sp³-hybridized carbons (Fsp3) is 0.727. The van der Waals surface area contributed by atoms with Crippen molar-refractivity contribution >= 4 is 17.7 Å². The van der Waals surface area contributed by atoms with Crippen LogP contribution in [0.5, 0.6) is 0 Å². The van der Waals surface area contributed by atoms with Crippen LogP contribution in [0.3, 0.4) is 0 Å². The van der Waals surface area contributed by atoms with Gasteiger partial charge in [-0.1, -0.05) is 0 Å². The fourth-order valence-electron chi connectivity index (χ4n) is 2.45. The highest BCUT2D eigenvalue weighted by Gasteiger charge is 2.36. The molecule has 2 heterocycles. The summed E-state index contributed by atoms with van der Waals surface area (Å²) in [6, 6.07) is 0.153. The van der Waals surface area contributed by atoms with Crippen LogP contribution in [0.15, 0.2) is 0 Å². The molecule has 18 heavy (non-hydrogen) atoms. The van der Waals surface area contributed by atoms with Gasteiger partial charge in [-0.05, 0) is 6.42 Å². The molecule has 3 amide bonds. The molecule has 100 valence electrons. The summed E-state index contributed by atoms with van der Waals surface area (Å²) in [5.41, 5.74) is 5.14. The number of nitrogens with two attached hydrogens (primary N) is 1. The second-order valence-corrected chi connectivity index (χ2v) is 4.60. The lowest BCUT2D eigenvalue weighted by Crippen LogP contribution is -2.55. The van der Waals surface area contributed by atoms with Gasteiger partial charge < -0.3 is 20.9 Å². The highest BCUT2D eigenvalue weighted by molar-refractivity contribution is 5.86. The fourth-order valence-corrected chi connectivity index (χ4v) is 2.45. The Hall–Kier alpha value is -1.63. The van der Waals surface area contributed by atoms with Crippen LogP contribution in [0, 0.1) is 0 Å². The maximum Gasteiger partial charge on any atom is 0.242 e. The lowest BCUT2D eigenvalue weighted by atomic mass is 10.1. The van der Waals surface area contributed by atoms with Crippen molar-refractivity contribution in [3.63, 3.8) is 0 Å². The van der Waals surface area contributed by atoms with Crippen LogP contribution in [-0.2, 0) is 14.4 Å². The van der Waals surface area contributed by atoms with Crippen LogP contribution in [0.2, 0.25) is 0 Å². The predicted molar refractivity (Wildman–Crippen MR) is 63.4 cm³/mol. The number of hydrogen-bond donors (Lipinski definition) is 2. The number of nitrogens with zero attached hydrogens (tertiary/aromatic N) is 2. The molecule has 2 rings (SSSR count). The monoisotopic (exact) mass is 254 g/mol. The first kappa shape index (κ1) is 12.8. The lowest BCUT2D eigenvalue weighted by Gasteiger charge is -2.37. The SMILES string of the molecule is NCC(=O)NCC(=O)N1CCN2C(=O)CCC2C1. The molecule has 0 aromatic rings. The normalized spacial score (nSPS) is 22.9. The predicted octanol–water partition coefficient (Wildman–Crippen LogP) is -2.11. The lowest BCUT2D eigenvalue weighted by molar-refractivity contribution is -0.139. The second-order valence-electron chi connectivity index (χ2n) is 4.60. The largest absolute Gasteiger partial charge is 0.346 e. The van der Waals surface area contributed by atoms with E-state index in [2.05, 4.69) is 5.32 Å². The standard InChI is InChI=1S/C11H18N4O3/c12-5-9(16)13-6-11(18)14-3-4-15-8(7-14)1-2-10(15)17/h8H,1-7,12H2,(H,13,16). The molecule has 1 unspecified atom stereocenters. The number of hydrogen-bond acceptors (Lipinski definition) is 4. The van der Waals surface area contributed by atoms with Gasteiger partial charge in [-0.25, -0.2) is 0 Å². The zero-order valence-corrected chi connectivity index (χ0v) is 10.2. The Balaban J connectivity index is 1.82. The minimum Gasteiger partial charge on any atom is -0.346 e. The van der Waals surface area contributed by atoms with Crippen LogP contribution < -0.4 is 11.1 Å². The summed E-state index contributed by atoms with van der Waals surface area (Å²) >= 11 is 0. The van der Waals surface area contributed by atoms with Crippen LogP contribution in [0.1, 0.15) is 12.8 Å². The number of nitrogens with one attached hydrogen (secondary N) is 1. The van der Waals surface area contributed by atoms with Gasteiger partial charge in [0.2, 0.25) is 17.7 Å². The minimum absolute atomic E-state index is 0.0172. The number of carbonyl (C=O) groups is 3. The molecule has 2 fully saturated rings. The van der Waals surface area contributed by atoms with E-state index >= 15 is 0 Å². The third-order valence-corrected chi connectivity index (χ3v) is 3.47. The first-order chi connectivity index (χ1) is 8.61. The summed E-state index contributed by atoms with van der Waals surface area (Å²) < 4.78 is 0. The van der Waals surface area contributed by atoms with Gasteiger partial charge in [-0.2, -0.15) is 0 Å². The molecule has 2 aliphatic rings. The van der Waals surface area contributed by atoms with E-state index in [0.29, 0.717) is 26.1 Å². The van der Waals surface area contributed by atoms with E-state index in [1.807, 2.05) is 4.90 Å². The topological polar surface area (TPSA) is 95.7 Å². The quantitative estimate of drug-likeness (QED) is 0.603. The number of rotatable bonds is 3. The van der Waals surface area contributed by atoms with Crippen LogP contribution >= 0.6 is 0 Å². The summed E-state index contributed by atoms with van der Waals surface area (Å²) in [6.45, 7) is 1.58. The first-order valence-electron chi connectivity index (χ1n) is 6.16. The molecule has 7 heteroatoms. The van der Waals surface area contributed by atoms with Gasteiger partial charge in [0.1, 0.15) is 0 Å². The molecule has 0 bridgehead atoms. The van der Waals surface area contributed by atoms with E-state index in [1.165, 1.54) is 0 Å². The molecule has 7 nitrogen and oxygen atoms in total. The van der Waals surface area contributed by atoms with Crippen molar-refractivity contribution in [2.75, 3.05) is 32.7 Å². The van der Waals surface area contributed by atoms with Gasteiger partial charge in [-0.15, -0.1) is 0 Å². The zero-order valence-electron chi connectivity index (χ0n) is 10.2. The Labute approximate surface area is 105 Å². The number of amides is 3. The molecule has 0 aromatic heterocycles. The Morgan fingerprint density at radius 2 is 2.17 bits per heavy atom. The molecule has 0 saturated carbocycles. The van der Waals surface area contributed by atoms with E-state index in [-0.39, 0.29) is 36.9 Å². The minimum atomic E-state index is -0.335. The molecule has 2 saturated heterocycles. The summed E-state index contributed by atoms with van der Waals surface area (Å²) in [4.78, 5) is 37.9. The Morgan fingerprint density at radius 1 is 1.39 bits per heavy atom. The van der Waals surface area contributed by atoms with Gasteiger partial charge in [0.25, 0.3) is 0 Å². The van der Waals surface area contributed by atoms with Crippen molar-refractivity contribution in [3.05, 3.63) is 0 Å². The molecular weight excluding hydrogens is 236 g/mol. The summed E-state index contributed by atoms with van der Waals surface area (Å²) in [7, 11) is 0. The van der Waals surface area contributed by atoms with Crippen LogP contribution in [-0.4, -0.2) is 66.3 Å². The van der Waals surface area contributed by atoms with E-state index in [4.69, 9.17) is 5.73 Å². The van der Waals surface area contributed by atoms with Gasteiger partial charge in [-0.3, -0.25) is 14.4 Å². The number of carbonyl (C=O) groups excluding carboxylic acids is 3. The van der Waals surface area contributed by atoms with Crippen molar-refractivity contribution < 1.29 is 14.4 Å². The second kappa shape index (κ2) is 5.34. The number of fused-ring (bicyclic) bond motifs is 1. The Morgan fingerprint density at radius 3 is 2.89 bits per heavy atom. The van der Waals surface area contributed by atoms with Gasteiger partial charge in [0.05, 0.1) is 13.1 Å². The zero-order chi connectivity index (χ0) is 13.1. The molecule has 0 aliphatic carbocycles. The van der Waals surface area contributed by atoms with Crippen molar-refractivity contribution in [3.8, 4) is 0 Å². The smallest absolute Gasteiger partial charge is 0.242 e. The highest BCUT2D eigenvalue weighted by atomic mass is 16.2. The molecular formula is C11H18N4O3. The van der Waals surface area contributed by atoms with Crippen molar-refractivity contribution in [1.29, 1.82) is 0 Å². The van der Waals surface area contributed by atoms with Crippen LogP contribution in [0.25, 0.3) is 0 Å². The average Bonchev–Trinajstić information content (AvgIpc) is 2.76. The van der Waals surface area contributed by atoms with E-state index in [9.17, 15) is 14.4 Å². The van der Waals surface area contributed by atoms with Crippen molar-refractivity contribution in [1.82, 2.24) is 15.1 Å². The van der Waals surface area contributed by atoms with Crippen molar-refractivity contribution in [2.45, 2.75) is 18.9 Å². The first-order valence-corrected chi connectivity index (χ1v) is 6.16. The van der Waals surface area contributed by atoms with E-state index in [0.717, 1.165) is 6.42 Å². The van der Waals surface area contributed by atoms with E-state index in [1.54, 1.807) is 4.90 Å². The third-order valence-electron chi connectivity index (χ3n) is 3.47. The van der Waals surface area contributed by atoms with Crippen LogP contribution in [0.4, 0.5) is 0 Å². The molecule has 1 atom stereocenters. The summed E-state index contributed by atoms with van der Waals surface area (Å²) in [5.74, 6) is -0.266. The number of piperazine rings is 1. The summed E-state index contributed by atoms with van der Waals surface area (Å²) in [5, 5.41) is 2.46. The van der Waals surface area contributed by atoms with E-state index < -0.39 is 0 Å². The maximum absolute atomic E-state index is 11.9. The third kappa shape index (κ3) is 2.61. The summed E-state index contributed by atoms with van der Waals surface area (Å²) in [6.07, 6.45) is 1.40. The molecule has 2 aliphatic heterocycles. The Kier molecular flexibility index (Phi) is 3.81. The van der Waals surface area contributed by atoms with Gasteiger partial charge in [0, 0.05) is 32.1 Å². The van der Waals surface area contributed by atoms with Gasteiger partial charge in [0.15, 0.2) is 0 Å². The van der Waals surface area contributed by atoms with Gasteiger partial charge >= 0.3 is 0 Å².